The summed E-state index contributed by atoms with van der Waals surface area (Å²) in [4.78, 5) is 9.69. The molecule has 0 heterocycles. The predicted molar refractivity (Wildman–Crippen MR) is 25.6 cm³/mol. The fraction of sp³-hybridized carbons (Fsp3) is 0.800. The molecule has 0 rings (SSSR count). The third kappa shape index (κ3) is 2.71. The molecular weight excluding hydrogens is 371 g/mol. The molecule has 0 radical (unpaired) electrons. The van der Waals surface area contributed by atoms with Gasteiger partial charge in [0, 0.05) is 0 Å². The zero-order valence-corrected chi connectivity index (χ0v) is 8.50. The summed E-state index contributed by atoms with van der Waals surface area (Å²) >= 11 is 0. The van der Waals surface area contributed by atoms with E-state index in [9.17, 15) is 49.4 Å². The van der Waals surface area contributed by atoms with Crippen molar-refractivity contribution >= 4 is 5.97 Å². The summed E-state index contributed by atoms with van der Waals surface area (Å²) in [6.07, 6.45) is -21.3. The Hall–Kier alpha value is -0.420. The molecule has 0 unspecified atom stereocenters. The number of rotatable bonds is 1. The van der Waals surface area contributed by atoms with E-state index in [-0.39, 0.29) is 22.4 Å². The number of carbonyl (C=O) groups excluding carboxylic acids is 1. The van der Waals surface area contributed by atoms with E-state index in [1.807, 2.05) is 0 Å². The van der Waals surface area contributed by atoms with Crippen molar-refractivity contribution in [2.45, 2.75) is 18.5 Å². The number of aliphatic carboxylic acids is 1. The van der Waals surface area contributed by atoms with Gasteiger partial charge in [-0.15, -0.1) is 0 Å². The molecule has 12 heteroatoms. The summed E-state index contributed by atoms with van der Waals surface area (Å²) in [5.41, 5.74) is -6.88. The average molecular weight is 371 g/mol. The second-order valence-corrected chi connectivity index (χ2v) is 2.53. The summed E-state index contributed by atoms with van der Waals surface area (Å²) in [5.74, 6) is -4.32. The van der Waals surface area contributed by atoms with Crippen molar-refractivity contribution in [3.05, 3.63) is 0 Å². The van der Waals surface area contributed by atoms with Crippen molar-refractivity contribution in [2.24, 2.45) is 5.41 Å². The fourth-order valence-corrected chi connectivity index (χ4v) is 0.829. The van der Waals surface area contributed by atoms with Crippen LogP contribution in [0.2, 0.25) is 0 Å². The monoisotopic (exact) mass is 370 g/mol. The van der Waals surface area contributed by atoms with Gasteiger partial charge in [0.2, 0.25) is 0 Å². The summed E-state index contributed by atoms with van der Waals surface area (Å²) in [6.45, 7) is 0. The molecule has 0 aromatic heterocycles. The van der Waals surface area contributed by atoms with Crippen molar-refractivity contribution in [1.29, 1.82) is 0 Å². The second kappa shape index (κ2) is 4.69. The molecule has 0 atom stereocenters. The Labute approximate surface area is 102 Å². The van der Waals surface area contributed by atoms with Crippen molar-refractivity contribution in [2.75, 3.05) is 0 Å². The van der Waals surface area contributed by atoms with E-state index in [2.05, 4.69) is 0 Å². The van der Waals surface area contributed by atoms with Crippen molar-refractivity contribution in [1.82, 2.24) is 0 Å². The van der Waals surface area contributed by atoms with Crippen LogP contribution >= 0.6 is 0 Å². The minimum atomic E-state index is -7.11. The van der Waals surface area contributed by atoms with Gasteiger partial charge in [0.1, 0.15) is 0 Å². The number of hydrogen-bond acceptors (Lipinski definition) is 2. The molecular formula is C5AgF9O2. The molecule has 0 aromatic rings. The van der Waals surface area contributed by atoms with Gasteiger partial charge in [0.15, 0.2) is 0 Å². The number of alkyl halides is 9. The first-order valence-corrected chi connectivity index (χ1v) is 3.11. The van der Waals surface area contributed by atoms with Gasteiger partial charge in [-0.2, -0.15) is 39.5 Å². The molecule has 0 saturated carbocycles. The number of carboxylic acid groups (broad SMARTS) is 1. The molecule has 17 heavy (non-hydrogen) atoms. The van der Waals surface area contributed by atoms with Gasteiger partial charge in [-0.3, -0.25) is 0 Å². The van der Waals surface area contributed by atoms with E-state index in [0.717, 1.165) is 0 Å². The van der Waals surface area contributed by atoms with Crippen LogP contribution < -0.4 is 5.11 Å². The summed E-state index contributed by atoms with van der Waals surface area (Å²) in [7, 11) is 0. The van der Waals surface area contributed by atoms with Crippen molar-refractivity contribution in [3.8, 4) is 0 Å². The maximum atomic E-state index is 11.8. The Morgan fingerprint density at radius 3 is 0.882 bits per heavy atom. The van der Waals surface area contributed by atoms with E-state index in [0.29, 0.717) is 0 Å². The summed E-state index contributed by atoms with van der Waals surface area (Å²) < 4.78 is 106. The van der Waals surface area contributed by atoms with Gasteiger partial charge in [-0.05, 0) is 0 Å². The maximum Gasteiger partial charge on any atom is 1.00 e. The van der Waals surface area contributed by atoms with Crippen LogP contribution in [-0.2, 0) is 27.2 Å². The van der Waals surface area contributed by atoms with Crippen LogP contribution in [0.4, 0.5) is 39.5 Å². The third-order valence-corrected chi connectivity index (χ3v) is 1.58. The van der Waals surface area contributed by atoms with E-state index >= 15 is 0 Å². The van der Waals surface area contributed by atoms with Crippen LogP contribution in [0.5, 0.6) is 0 Å². The van der Waals surface area contributed by atoms with Crippen LogP contribution in [0.25, 0.3) is 0 Å². The molecule has 0 aliphatic rings. The quantitative estimate of drug-likeness (QED) is 0.517. The number of carboxylic acids is 1. The molecule has 0 bridgehead atoms. The zero-order valence-electron chi connectivity index (χ0n) is 7.02. The third-order valence-electron chi connectivity index (χ3n) is 1.58. The van der Waals surface area contributed by atoms with Gasteiger partial charge in [-0.25, -0.2) is 0 Å². The largest absolute Gasteiger partial charge is 1.00 e. The minimum Gasteiger partial charge on any atom is -0.548 e. The molecule has 0 spiro atoms. The number of hydrogen-bond donors (Lipinski definition) is 0. The Balaban J connectivity index is 0. The molecule has 2 nitrogen and oxygen atoms in total. The Morgan fingerprint density at radius 1 is 0.706 bits per heavy atom. The van der Waals surface area contributed by atoms with Gasteiger partial charge in [0.25, 0.3) is 5.41 Å². The SMILES string of the molecule is O=C([O-])C(C(F)(F)F)(C(F)(F)F)C(F)(F)F.[Ag+]. The molecule has 0 amide bonds. The first-order chi connectivity index (χ1) is 6.69. The summed E-state index contributed by atoms with van der Waals surface area (Å²) in [6, 6.07) is 0. The minimum absolute atomic E-state index is 0. The molecule has 0 aromatic carbocycles. The van der Waals surface area contributed by atoms with Crippen LogP contribution in [0.3, 0.4) is 0 Å². The van der Waals surface area contributed by atoms with Crippen molar-refractivity contribution in [3.63, 3.8) is 0 Å². The van der Waals surface area contributed by atoms with Gasteiger partial charge >= 0.3 is 40.9 Å². The van der Waals surface area contributed by atoms with Gasteiger partial charge in [0.05, 0.1) is 5.97 Å². The van der Waals surface area contributed by atoms with Gasteiger partial charge in [-0.1, -0.05) is 0 Å². The molecule has 0 aliphatic carbocycles. The predicted octanol–water partition coefficient (Wildman–Crippen LogP) is 1.41. The van der Waals surface area contributed by atoms with Crippen molar-refractivity contribution < 1.29 is 71.8 Å². The van der Waals surface area contributed by atoms with E-state index in [4.69, 9.17) is 0 Å². The average Bonchev–Trinajstić information content (AvgIpc) is 1.71. The smallest absolute Gasteiger partial charge is 0.548 e. The first-order valence-electron chi connectivity index (χ1n) is 3.11. The number of halogens is 9. The molecule has 106 valence electrons. The normalized spacial score (nSPS) is 14.2. The first kappa shape index (κ1) is 18.9. The van der Waals surface area contributed by atoms with Crippen LogP contribution in [0.1, 0.15) is 0 Å². The number of carbonyl (C=O) groups is 1. The molecule has 0 saturated heterocycles. The Morgan fingerprint density at radius 2 is 0.882 bits per heavy atom. The maximum absolute atomic E-state index is 11.8. The summed E-state index contributed by atoms with van der Waals surface area (Å²) in [5, 5.41) is 9.69. The van der Waals surface area contributed by atoms with E-state index in [1.165, 1.54) is 0 Å². The van der Waals surface area contributed by atoms with E-state index < -0.39 is 29.9 Å². The molecule has 0 fully saturated rings. The molecule has 0 N–H and O–H groups in total. The Bertz CT molecular complexity index is 251. The van der Waals surface area contributed by atoms with Gasteiger partial charge < -0.3 is 9.90 Å². The second-order valence-electron chi connectivity index (χ2n) is 2.53. The molecule has 0 aliphatic heterocycles. The Kier molecular flexibility index (Phi) is 5.22. The standard InChI is InChI=1S/C5HF9O2.Ag/c6-3(7,8)2(1(15)16,4(9,10)11)5(12,13)14;/h(H,15,16);/q;+1/p-1. The van der Waals surface area contributed by atoms with Crippen LogP contribution in [0.15, 0.2) is 0 Å². The van der Waals surface area contributed by atoms with Crippen LogP contribution in [-0.4, -0.2) is 24.5 Å². The van der Waals surface area contributed by atoms with E-state index in [1.54, 1.807) is 0 Å². The topological polar surface area (TPSA) is 40.1 Å². The van der Waals surface area contributed by atoms with Crippen LogP contribution in [0, 0.1) is 5.41 Å². The fourth-order valence-electron chi connectivity index (χ4n) is 0.829. The zero-order chi connectivity index (χ0) is 13.6.